The summed E-state index contributed by atoms with van der Waals surface area (Å²) in [4.78, 5) is 48.1. The summed E-state index contributed by atoms with van der Waals surface area (Å²) in [5.74, 6) is -3.19. The van der Waals surface area contributed by atoms with Crippen LogP contribution < -0.4 is 27.4 Å². The molecule has 0 bridgehead atoms. The fourth-order valence-electron chi connectivity index (χ4n) is 2.72. The molecule has 1 aromatic rings. The molecular formula is C20H31N5O6S. The summed E-state index contributed by atoms with van der Waals surface area (Å²) < 4.78 is 0. The Kier molecular flexibility index (Phi) is 12.1. The van der Waals surface area contributed by atoms with E-state index in [0.29, 0.717) is 24.9 Å². The second-order valence-electron chi connectivity index (χ2n) is 7.18. The number of phenolic OH excluding ortho intramolecular Hbond substituents is 1. The van der Waals surface area contributed by atoms with Crippen molar-refractivity contribution in [3.63, 3.8) is 0 Å². The van der Waals surface area contributed by atoms with Gasteiger partial charge in [0.25, 0.3) is 0 Å². The lowest BCUT2D eigenvalue weighted by atomic mass is 10.0. The highest BCUT2D eigenvalue weighted by Crippen LogP contribution is 2.12. The predicted molar refractivity (Wildman–Crippen MR) is 121 cm³/mol. The summed E-state index contributed by atoms with van der Waals surface area (Å²) in [6.45, 7) is -0.000859. The van der Waals surface area contributed by atoms with Gasteiger partial charge in [-0.2, -0.15) is 12.6 Å². The fourth-order valence-corrected chi connectivity index (χ4v) is 2.96. The van der Waals surface area contributed by atoms with Crippen molar-refractivity contribution < 1.29 is 29.4 Å². The first-order valence-corrected chi connectivity index (χ1v) is 10.8. The summed E-state index contributed by atoms with van der Waals surface area (Å²) in [6, 6.07) is 3.03. The molecular weight excluding hydrogens is 438 g/mol. The molecule has 0 heterocycles. The number of phenols is 1. The number of aliphatic carboxylic acids is 1. The third-order valence-corrected chi connectivity index (χ3v) is 4.92. The number of carbonyl (C=O) groups excluding carboxylic acids is 3. The zero-order valence-electron chi connectivity index (χ0n) is 17.6. The van der Waals surface area contributed by atoms with Crippen LogP contribution in [0.1, 0.15) is 24.8 Å². The molecule has 9 N–H and O–H groups in total. The van der Waals surface area contributed by atoms with Crippen molar-refractivity contribution in [1.29, 1.82) is 0 Å². The number of aromatic hydroxyl groups is 1. The first kappa shape index (κ1) is 27.2. The number of amides is 3. The molecule has 12 heteroatoms. The van der Waals surface area contributed by atoms with E-state index in [4.69, 9.17) is 16.6 Å². The van der Waals surface area contributed by atoms with Gasteiger partial charge in [-0.3, -0.25) is 14.4 Å². The molecule has 0 aliphatic heterocycles. The van der Waals surface area contributed by atoms with Gasteiger partial charge >= 0.3 is 5.97 Å². The zero-order valence-corrected chi connectivity index (χ0v) is 18.5. The average Bonchev–Trinajstić information content (AvgIpc) is 2.76. The molecule has 0 aromatic heterocycles. The fraction of sp³-hybridized carbons (Fsp3) is 0.500. The number of nitrogens with two attached hydrogens (primary N) is 2. The summed E-state index contributed by atoms with van der Waals surface area (Å²) >= 11 is 3.85. The van der Waals surface area contributed by atoms with E-state index in [1.165, 1.54) is 12.1 Å². The zero-order chi connectivity index (χ0) is 24.1. The number of carboxylic acids is 1. The van der Waals surface area contributed by atoms with E-state index in [2.05, 4.69) is 28.6 Å². The lowest BCUT2D eigenvalue weighted by molar-refractivity contribution is -0.141. The van der Waals surface area contributed by atoms with Crippen LogP contribution in [0.15, 0.2) is 24.3 Å². The van der Waals surface area contributed by atoms with Gasteiger partial charge in [-0.05, 0) is 37.1 Å². The monoisotopic (exact) mass is 469 g/mol. The molecule has 0 radical (unpaired) electrons. The van der Waals surface area contributed by atoms with E-state index in [1.54, 1.807) is 12.1 Å². The van der Waals surface area contributed by atoms with Crippen LogP contribution in [0.3, 0.4) is 0 Å². The number of hydrogen-bond donors (Lipinski definition) is 8. The minimum atomic E-state index is -1.25. The minimum Gasteiger partial charge on any atom is -0.508 e. The molecule has 1 aromatic carbocycles. The SMILES string of the molecule is NCCCCC(N)C(=O)NC(Cc1ccc(O)cc1)C(=O)NCC(=O)NC(CS)C(=O)O. The van der Waals surface area contributed by atoms with Crippen LogP contribution in [0.25, 0.3) is 0 Å². The predicted octanol–water partition coefficient (Wildman–Crippen LogP) is -1.51. The maximum Gasteiger partial charge on any atom is 0.327 e. The molecule has 11 nitrogen and oxygen atoms in total. The highest BCUT2D eigenvalue weighted by atomic mass is 32.1. The summed E-state index contributed by atoms with van der Waals surface area (Å²) in [7, 11) is 0. The van der Waals surface area contributed by atoms with Gasteiger partial charge in [0.2, 0.25) is 17.7 Å². The first-order valence-electron chi connectivity index (χ1n) is 10.1. The third-order valence-electron chi connectivity index (χ3n) is 4.55. The van der Waals surface area contributed by atoms with Crippen LogP contribution in [0.4, 0.5) is 0 Å². The van der Waals surface area contributed by atoms with Crippen LogP contribution in [-0.2, 0) is 25.6 Å². The lowest BCUT2D eigenvalue weighted by Crippen LogP contribution is -2.54. The van der Waals surface area contributed by atoms with Gasteiger partial charge in [-0.15, -0.1) is 0 Å². The van der Waals surface area contributed by atoms with E-state index >= 15 is 0 Å². The number of carbonyl (C=O) groups is 4. The van der Waals surface area contributed by atoms with Crippen molar-refractivity contribution in [2.45, 2.75) is 43.8 Å². The van der Waals surface area contributed by atoms with E-state index in [1.807, 2.05) is 0 Å². The molecule has 3 amide bonds. The van der Waals surface area contributed by atoms with Gasteiger partial charge in [0.15, 0.2) is 0 Å². The molecule has 0 fully saturated rings. The Morgan fingerprint density at radius 3 is 2.22 bits per heavy atom. The maximum absolute atomic E-state index is 12.7. The van der Waals surface area contributed by atoms with Crippen molar-refractivity contribution in [2.24, 2.45) is 11.5 Å². The molecule has 3 unspecified atom stereocenters. The number of carboxylic acid groups (broad SMARTS) is 1. The van der Waals surface area contributed by atoms with E-state index in [-0.39, 0.29) is 17.9 Å². The third kappa shape index (κ3) is 9.98. The molecule has 0 saturated carbocycles. The molecule has 0 aliphatic carbocycles. The Balaban J connectivity index is 2.78. The minimum absolute atomic E-state index is 0.0505. The number of nitrogens with one attached hydrogen (secondary N) is 3. The van der Waals surface area contributed by atoms with Crippen molar-refractivity contribution in [2.75, 3.05) is 18.8 Å². The van der Waals surface area contributed by atoms with Crippen molar-refractivity contribution in [1.82, 2.24) is 16.0 Å². The Morgan fingerprint density at radius 1 is 1.00 bits per heavy atom. The molecule has 0 saturated heterocycles. The van der Waals surface area contributed by atoms with Gasteiger partial charge in [-0.25, -0.2) is 4.79 Å². The summed E-state index contributed by atoms with van der Waals surface area (Å²) in [5, 5.41) is 25.6. The molecule has 32 heavy (non-hydrogen) atoms. The van der Waals surface area contributed by atoms with Crippen molar-refractivity contribution in [3.8, 4) is 5.75 Å². The second kappa shape index (κ2) is 14.3. The average molecular weight is 470 g/mol. The lowest BCUT2D eigenvalue weighted by Gasteiger charge is -2.21. The molecule has 0 spiro atoms. The Bertz CT molecular complexity index is 776. The van der Waals surface area contributed by atoms with Crippen molar-refractivity contribution >= 4 is 36.3 Å². The van der Waals surface area contributed by atoms with Gasteiger partial charge < -0.3 is 37.6 Å². The summed E-state index contributed by atoms with van der Waals surface area (Å²) in [6.07, 6.45) is 1.87. The number of benzene rings is 1. The number of hydrogen-bond acceptors (Lipinski definition) is 8. The van der Waals surface area contributed by atoms with Crippen LogP contribution in [0.2, 0.25) is 0 Å². The van der Waals surface area contributed by atoms with Crippen LogP contribution >= 0.6 is 12.6 Å². The van der Waals surface area contributed by atoms with Gasteiger partial charge in [0, 0.05) is 12.2 Å². The van der Waals surface area contributed by atoms with Crippen LogP contribution in [0, 0.1) is 0 Å². The largest absolute Gasteiger partial charge is 0.508 e. The normalized spacial score (nSPS) is 13.5. The van der Waals surface area contributed by atoms with Gasteiger partial charge in [-0.1, -0.05) is 18.6 Å². The maximum atomic E-state index is 12.7. The molecule has 178 valence electrons. The number of thiol groups is 1. The Labute approximate surface area is 191 Å². The quantitative estimate of drug-likeness (QED) is 0.119. The number of rotatable bonds is 14. The van der Waals surface area contributed by atoms with E-state index in [0.717, 1.165) is 6.42 Å². The first-order chi connectivity index (χ1) is 15.2. The summed E-state index contributed by atoms with van der Waals surface area (Å²) in [5.41, 5.74) is 12.0. The van der Waals surface area contributed by atoms with Crippen molar-refractivity contribution in [3.05, 3.63) is 29.8 Å². The van der Waals surface area contributed by atoms with E-state index in [9.17, 15) is 24.3 Å². The number of unbranched alkanes of at least 4 members (excludes halogenated alkanes) is 1. The highest BCUT2D eigenvalue weighted by molar-refractivity contribution is 7.80. The smallest absolute Gasteiger partial charge is 0.327 e. The topological polar surface area (TPSA) is 197 Å². The van der Waals surface area contributed by atoms with Crippen LogP contribution in [0.5, 0.6) is 5.75 Å². The van der Waals surface area contributed by atoms with Gasteiger partial charge in [0.05, 0.1) is 12.6 Å². The molecule has 1 rings (SSSR count). The second-order valence-corrected chi connectivity index (χ2v) is 7.55. The highest BCUT2D eigenvalue weighted by Gasteiger charge is 2.25. The Hall–Kier alpha value is -2.83. The van der Waals surface area contributed by atoms with Gasteiger partial charge in [0.1, 0.15) is 17.8 Å². The van der Waals surface area contributed by atoms with E-state index < -0.39 is 48.4 Å². The van der Waals surface area contributed by atoms with Crippen LogP contribution in [-0.4, -0.2) is 70.9 Å². The standard InChI is InChI=1S/C20H31N5O6S/c21-8-2-1-3-14(22)18(28)25-15(9-12-4-6-13(26)7-5-12)19(29)23-10-17(27)24-16(11-32)20(30)31/h4-7,14-16,26,32H,1-3,8-11,21-22H2,(H,23,29)(H,24,27)(H,25,28)(H,30,31). The molecule has 0 aliphatic rings. The Morgan fingerprint density at radius 2 is 1.66 bits per heavy atom. The molecule has 3 atom stereocenters.